The molecule has 0 spiro atoms. The Balaban J connectivity index is 1.03. The molecular formula is C43H30N10O2. The standard InChI is InChI=1S/C43H30N10O2/c54-36(29-13-6-2-7-14-29)31-18-22-33(23-19-31)44-39-48-41-46-38(35-17-10-26-52(35)27-28-11-4-1-5-12-28)47-42-49-40(51-43(50-39)53(41)42)45-34-24-20-32(21-25-34)37(55)30-15-8-3-9-16-30/h1-26H,27H2,(H2,44,45,46,47,48,49,50,51). The van der Waals surface area contributed by atoms with Gasteiger partial charge >= 0.3 is 0 Å². The van der Waals surface area contributed by atoms with Crippen LogP contribution in [0.2, 0.25) is 0 Å². The molecule has 55 heavy (non-hydrogen) atoms. The third-order valence-electron chi connectivity index (χ3n) is 8.97. The van der Waals surface area contributed by atoms with Gasteiger partial charge in [-0.1, -0.05) is 91.0 Å². The highest BCUT2D eigenvalue weighted by Crippen LogP contribution is 2.23. The van der Waals surface area contributed by atoms with E-state index in [0.29, 0.717) is 46.0 Å². The number of nitrogens with zero attached hydrogens (tertiary/aromatic N) is 8. The summed E-state index contributed by atoms with van der Waals surface area (Å²) in [5.74, 6) is 1.57. The fraction of sp³-hybridized carbons (Fsp3) is 0.0233. The van der Waals surface area contributed by atoms with E-state index < -0.39 is 0 Å². The van der Waals surface area contributed by atoms with Gasteiger partial charge in [-0.2, -0.15) is 30.0 Å². The van der Waals surface area contributed by atoms with E-state index >= 15 is 0 Å². The number of hydrogen-bond donors (Lipinski definition) is 2. The summed E-state index contributed by atoms with van der Waals surface area (Å²) in [6.45, 7) is 0.617. The van der Waals surface area contributed by atoms with Crippen molar-refractivity contribution < 1.29 is 9.59 Å². The maximum Gasteiger partial charge on any atom is 0.246 e. The van der Waals surface area contributed by atoms with Crippen molar-refractivity contribution in [1.82, 2.24) is 9.47 Å². The fourth-order valence-corrected chi connectivity index (χ4v) is 6.23. The van der Waals surface area contributed by atoms with E-state index in [1.807, 2.05) is 72.9 Å². The van der Waals surface area contributed by atoms with Gasteiger partial charge in [-0.25, -0.2) is 4.90 Å². The molecule has 0 fully saturated rings. The molecule has 0 saturated carbocycles. The lowest BCUT2D eigenvalue weighted by atomic mass is 10.0. The SMILES string of the molecule is O=C(c1ccccc1)c1ccc(NC2=NC3=NC(Nc4ccc(C(=O)c5ccccc5)cc4)=NC4=NC(c5cccn5Cc5ccccc5)=NC(=N2)N34)cc1. The molecule has 3 aliphatic heterocycles. The highest BCUT2D eigenvalue weighted by atomic mass is 16.1. The first kappa shape index (κ1) is 33.0. The van der Waals surface area contributed by atoms with Gasteiger partial charge in [0.25, 0.3) is 0 Å². The van der Waals surface area contributed by atoms with E-state index in [9.17, 15) is 9.59 Å². The average Bonchev–Trinajstić information content (AvgIpc) is 3.70. The summed E-state index contributed by atoms with van der Waals surface area (Å²) in [4.78, 5) is 56.3. The van der Waals surface area contributed by atoms with Crippen LogP contribution in [0.5, 0.6) is 0 Å². The number of amidine groups is 1. The van der Waals surface area contributed by atoms with E-state index in [1.54, 1.807) is 77.7 Å². The number of carbonyl (C=O) groups is 2. The average molecular weight is 719 g/mol. The van der Waals surface area contributed by atoms with Gasteiger partial charge in [0.1, 0.15) is 0 Å². The lowest BCUT2D eigenvalue weighted by Crippen LogP contribution is -2.49. The lowest BCUT2D eigenvalue weighted by Gasteiger charge is -2.30. The van der Waals surface area contributed by atoms with Crippen LogP contribution in [-0.4, -0.2) is 56.7 Å². The molecular weight excluding hydrogens is 689 g/mol. The summed E-state index contributed by atoms with van der Waals surface area (Å²) in [6.07, 6.45) is 1.98. The molecule has 0 aliphatic carbocycles. The van der Waals surface area contributed by atoms with E-state index in [-0.39, 0.29) is 41.4 Å². The summed E-state index contributed by atoms with van der Waals surface area (Å²) in [5.41, 5.74) is 5.58. The first-order chi connectivity index (χ1) is 27.0. The Morgan fingerprint density at radius 3 is 1.44 bits per heavy atom. The Kier molecular flexibility index (Phi) is 8.57. The topological polar surface area (TPSA) is 141 Å². The Morgan fingerprint density at radius 2 is 0.909 bits per heavy atom. The fourth-order valence-electron chi connectivity index (χ4n) is 6.23. The molecule has 3 aliphatic rings. The van der Waals surface area contributed by atoms with Crippen molar-refractivity contribution >= 4 is 58.6 Å². The maximum absolute atomic E-state index is 13.0. The highest BCUT2D eigenvalue weighted by Gasteiger charge is 2.36. The molecule has 12 heteroatoms. The molecule has 9 rings (SSSR count). The quantitative estimate of drug-likeness (QED) is 0.154. The molecule has 0 atom stereocenters. The van der Waals surface area contributed by atoms with E-state index in [4.69, 9.17) is 30.0 Å². The van der Waals surface area contributed by atoms with Gasteiger partial charge < -0.3 is 15.2 Å². The van der Waals surface area contributed by atoms with Crippen LogP contribution in [0.1, 0.15) is 43.1 Å². The van der Waals surface area contributed by atoms with Gasteiger partial charge in [-0.15, -0.1) is 0 Å². The van der Waals surface area contributed by atoms with Crippen LogP contribution in [0, 0.1) is 0 Å². The van der Waals surface area contributed by atoms with Gasteiger partial charge in [0.05, 0.1) is 5.69 Å². The Bertz CT molecular complexity index is 2530. The number of aromatic nitrogens is 1. The molecule has 0 radical (unpaired) electrons. The highest BCUT2D eigenvalue weighted by molar-refractivity contribution is 6.33. The zero-order valence-corrected chi connectivity index (χ0v) is 29.1. The number of benzene rings is 5. The predicted molar refractivity (Wildman–Crippen MR) is 215 cm³/mol. The molecule has 0 saturated heterocycles. The van der Waals surface area contributed by atoms with Crippen LogP contribution < -0.4 is 10.6 Å². The number of hydrogen-bond acceptors (Lipinski definition) is 11. The number of carbonyl (C=O) groups excluding carboxylic acids is 2. The van der Waals surface area contributed by atoms with Gasteiger partial charge in [0.2, 0.25) is 29.8 Å². The first-order valence-corrected chi connectivity index (χ1v) is 17.5. The predicted octanol–water partition coefficient (Wildman–Crippen LogP) is 7.09. The summed E-state index contributed by atoms with van der Waals surface area (Å²) >= 11 is 0. The molecule has 6 aromatic rings. The summed E-state index contributed by atoms with van der Waals surface area (Å²) in [6, 6.07) is 46.6. The number of nitrogens with one attached hydrogen (secondary N) is 2. The normalized spacial score (nSPS) is 14.3. The van der Waals surface area contributed by atoms with Gasteiger partial charge in [0.15, 0.2) is 17.4 Å². The van der Waals surface area contributed by atoms with Crippen molar-refractivity contribution in [2.45, 2.75) is 6.54 Å². The van der Waals surface area contributed by atoms with E-state index in [1.165, 1.54) is 0 Å². The minimum Gasteiger partial charge on any atom is -0.341 e. The van der Waals surface area contributed by atoms with Crippen LogP contribution in [-0.2, 0) is 6.54 Å². The molecule has 264 valence electrons. The van der Waals surface area contributed by atoms with Crippen molar-refractivity contribution in [3.63, 3.8) is 0 Å². The van der Waals surface area contributed by atoms with Crippen LogP contribution in [0.4, 0.5) is 11.4 Å². The monoisotopic (exact) mass is 718 g/mol. The molecule has 1 aromatic heterocycles. The van der Waals surface area contributed by atoms with Crippen LogP contribution in [0.3, 0.4) is 0 Å². The van der Waals surface area contributed by atoms with Crippen molar-refractivity contribution in [2.75, 3.05) is 10.6 Å². The molecule has 0 unspecified atom stereocenters. The third kappa shape index (κ3) is 6.90. The van der Waals surface area contributed by atoms with Crippen LogP contribution in [0.25, 0.3) is 0 Å². The van der Waals surface area contributed by atoms with Gasteiger partial charge in [-0.3, -0.25) is 9.59 Å². The second-order valence-electron chi connectivity index (χ2n) is 12.7. The van der Waals surface area contributed by atoms with Crippen LogP contribution >= 0.6 is 0 Å². The molecule has 0 amide bonds. The summed E-state index contributed by atoms with van der Waals surface area (Å²) in [7, 11) is 0. The molecule has 4 heterocycles. The second-order valence-corrected chi connectivity index (χ2v) is 12.7. The third-order valence-corrected chi connectivity index (χ3v) is 8.97. The Morgan fingerprint density at radius 1 is 0.455 bits per heavy atom. The van der Waals surface area contributed by atoms with Crippen LogP contribution in [0.15, 0.2) is 188 Å². The number of ketones is 2. The Hall–Kier alpha value is -7.86. The largest absolute Gasteiger partial charge is 0.341 e. The molecule has 2 N–H and O–H groups in total. The van der Waals surface area contributed by atoms with Crippen molar-refractivity contribution in [2.24, 2.45) is 30.0 Å². The molecule has 0 bridgehead atoms. The van der Waals surface area contributed by atoms with Gasteiger partial charge in [0, 0.05) is 46.4 Å². The molecule has 12 nitrogen and oxygen atoms in total. The summed E-state index contributed by atoms with van der Waals surface area (Å²) < 4.78 is 2.07. The minimum atomic E-state index is -0.0701. The number of guanidine groups is 5. The second kappa shape index (κ2) is 14.3. The van der Waals surface area contributed by atoms with Crippen molar-refractivity contribution in [3.8, 4) is 0 Å². The smallest absolute Gasteiger partial charge is 0.246 e. The van der Waals surface area contributed by atoms with E-state index in [0.717, 1.165) is 11.3 Å². The number of aliphatic imine (C=N–C) groups is 6. The zero-order valence-electron chi connectivity index (χ0n) is 29.1. The maximum atomic E-state index is 13.0. The van der Waals surface area contributed by atoms with Crippen molar-refractivity contribution in [1.29, 1.82) is 0 Å². The Labute approximate surface area is 315 Å². The van der Waals surface area contributed by atoms with E-state index in [2.05, 4.69) is 27.3 Å². The van der Waals surface area contributed by atoms with Gasteiger partial charge in [-0.05, 0) is 66.2 Å². The molecule has 5 aromatic carbocycles. The first-order valence-electron chi connectivity index (χ1n) is 17.5. The summed E-state index contributed by atoms with van der Waals surface area (Å²) in [5, 5.41) is 6.50. The lowest BCUT2D eigenvalue weighted by molar-refractivity contribution is 0.103. The minimum absolute atomic E-state index is 0.0701. The zero-order chi connectivity index (χ0) is 37.1. The van der Waals surface area contributed by atoms with Crippen molar-refractivity contribution in [3.05, 3.63) is 191 Å². The number of rotatable bonds is 9. The number of anilines is 2.